The number of aliphatic hydroxyl groups excluding tert-OH is 1. The molecule has 1 aromatic rings. The van der Waals surface area contributed by atoms with Gasteiger partial charge in [0.05, 0.1) is 0 Å². The summed E-state index contributed by atoms with van der Waals surface area (Å²) in [5.41, 5.74) is 0.727. The molecule has 1 aliphatic rings. The fraction of sp³-hybridized carbons (Fsp3) is 0.462. The third-order valence-electron chi connectivity index (χ3n) is 3.05. The zero-order chi connectivity index (χ0) is 13.8. The van der Waals surface area contributed by atoms with E-state index < -0.39 is 6.61 Å². The Morgan fingerprint density at radius 2 is 2.26 bits per heavy atom. The highest BCUT2D eigenvalue weighted by Gasteiger charge is 2.28. The monoisotopic (exact) mass is 271 g/mol. The molecule has 0 spiro atoms. The van der Waals surface area contributed by atoms with Crippen molar-refractivity contribution in [2.75, 3.05) is 13.2 Å². The molecular formula is C13H15F2NO3. The normalized spacial score (nSPS) is 19.3. The van der Waals surface area contributed by atoms with Crippen molar-refractivity contribution in [3.05, 3.63) is 29.8 Å². The Labute approximate surface area is 109 Å². The van der Waals surface area contributed by atoms with Gasteiger partial charge >= 0.3 is 6.61 Å². The molecule has 1 atom stereocenters. The smallest absolute Gasteiger partial charge is 0.387 e. The third kappa shape index (κ3) is 3.64. The summed E-state index contributed by atoms with van der Waals surface area (Å²) in [6, 6.07) is 6.29. The van der Waals surface area contributed by atoms with Gasteiger partial charge in [0.25, 0.3) is 0 Å². The van der Waals surface area contributed by atoms with Crippen LogP contribution in [-0.4, -0.2) is 35.7 Å². The Balaban J connectivity index is 2.01. The summed E-state index contributed by atoms with van der Waals surface area (Å²) in [4.78, 5) is 13.3. The van der Waals surface area contributed by atoms with Crippen LogP contribution in [0.15, 0.2) is 24.3 Å². The van der Waals surface area contributed by atoms with Gasteiger partial charge in [-0.3, -0.25) is 4.79 Å². The highest BCUT2D eigenvalue weighted by molar-refractivity contribution is 5.78. The van der Waals surface area contributed by atoms with E-state index in [0.29, 0.717) is 19.5 Å². The van der Waals surface area contributed by atoms with E-state index in [-0.39, 0.29) is 24.2 Å². The van der Waals surface area contributed by atoms with E-state index >= 15 is 0 Å². The first kappa shape index (κ1) is 13.7. The second kappa shape index (κ2) is 5.97. The van der Waals surface area contributed by atoms with Gasteiger partial charge < -0.3 is 14.7 Å². The summed E-state index contributed by atoms with van der Waals surface area (Å²) >= 11 is 0. The molecule has 0 aromatic heterocycles. The van der Waals surface area contributed by atoms with Crippen LogP contribution in [-0.2, 0) is 11.3 Å². The Kier molecular flexibility index (Phi) is 4.31. The van der Waals surface area contributed by atoms with E-state index in [4.69, 9.17) is 5.11 Å². The van der Waals surface area contributed by atoms with Crippen LogP contribution in [0.3, 0.4) is 0 Å². The van der Waals surface area contributed by atoms with Gasteiger partial charge in [-0.05, 0) is 17.7 Å². The fourth-order valence-corrected chi connectivity index (χ4v) is 2.17. The number of alkyl halides is 2. The number of nitrogens with zero attached hydrogens (tertiary/aromatic N) is 1. The lowest BCUT2D eigenvalue weighted by molar-refractivity contribution is -0.128. The largest absolute Gasteiger partial charge is 0.435 e. The molecular weight excluding hydrogens is 256 g/mol. The Hall–Kier alpha value is -1.69. The van der Waals surface area contributed by atoms with E-state index in [0.717, 1.165) is 5.56 Å². The number of aliphatic hydroxyl groups is 1. The predicted octanol–water partition coefficient (Wildman–Crippen LogP) is 1.63. The van der Waals surface area contributed by atoms with Crippen LogP contribution in [0.4, 0.5) is 8.78 Å². The van der Waals surface area contributed by atoms with Crippen LogP contribution < -0.4 is 4.74 Å². The minimum absolute atomic E-state index is 0.0171. The van der Waals surface area contributed by atoms with Crippen LogP contribution >= 0.6 is 0 Å². The van der Waals surface area contributed by atoms with Crippen molar-refractivity contribution in [1.82, 2.24) is 4.90 Å². The highest BCUT2D eigenvalue weighted by atomic mass is 19.3. The maximum atomic E-state index is 12.1. The third-order valence-corrected chi connectivity index (χ3v) is 3.05. The summed E-state index contributed by atoms with van der Waals surface area (Å²) in [7, 11) is 0. The van der Waals surface area contributed by atoms with Crippen molar-refractivity contribution >= 4 is 5.91 Å². The van der Waals surface area contributed by atoms with Crippen molar-refractivity contribution in [3.63, 3.8) is 0 Å². The molecule has 1 aliphatic heterocycles. The average molecular weight is 271 g/mol. The molecule has 0 aliphatic carbocycles. The summed E-state index contributed by atoms with van der Waals surface area (Å²) in [6.45, 7) is -2.04. The highest BCUT2D eigenvalue weighted by Crippen LogP contribution is 2.22. The number of ether oxygens (including phenoxy) is 1. The molecule has 2 rings (SSSR count). The first-order valence-corrected chi connectivity index (χ1v) is 6.01. The number of amides is 1. The number of hydrogen-bond donors (Lipinski definition) is 1. The molecule has 1 heterocycles. The second-order valence-electron chi connectivity index (χ2n) is 4.55. The lowest BCUT2D eigenvalue weighted by Gasteiger charge is -2.17. The molecule has 1 unspecified atom stereocenters. The van der Waals surface area contributed by atoms with Crippen LogP contribution in [0.5, 0.6) is 5.75 Å². The molecule has 0 bridgehead atoms. The number of halogens is 2. The van der Waals surface area contributed by atoms with E-state index in [1.807, 2.05) is 0 Å². The van der Waals surface area contributed by atoms with Crippen LogP contribution in [0.2, 0.25) is 0 Å². The van der Waals surface area contributed by atoms with Crippen LogP contribution in [0.1, 0.15) is 12.0 Å². The predicted molar refractivity (Wildman–Crippen MR) is 63.7 cm³/mol. The zero-order valence-electron chi connectivity index (χ0n) is 10.3. The van der Waals surface area contributed by atoms with Gasteiger partial charge in [0, 0.05) is 32.0 Å². The maximum absolute atomic E-state index is 12.1. The first-order valence-electron chi connectivity index (χ1n) is 6.01. The number of hydrogen-bond acceptors (Lipinski definition) is 3. The van der Waals surface area contributed by atoms with Gasteiger partial charge in [-0.1, -0.05) is 12.1 Å². The Morgan fingerprint density at radius 1 is 1.47 bits per heavy atom. The number of likely N-dealkylation sites (tertiary alicyclic amines) is 1. The Bertz CT molecular complexity index is 453. The molecule has 1 amide bonds. The standard InChI is InChI=1S/C13H15F2NO3/c14-13(15)19-11-3-1-2-9(4-11)6-16-7-10(8-17)5-12(16)18/h1-4,10,13,17H,5-8H2. The molecule has 0 saturated carbocycles. The minimum atomic E-state index is -2.86. The van der Waals surface area contributed by atoms with Gasteiger partial charge in [-0.25, -0.2) is 0 Å². The fourth-order valence-electron chi connectivity index (χ4n) is 2.17. The first-order chi connectivity index (χ1) is 9.08. The molecule has 4 nitrogen and oxygen atoms in total. The van der Waals surface area contributed by atoms with E-state index in [2.05, 4.69) is 4.74 Å². The summed E-state index contributed by atoms with van der Waals surface area (Å²) in [5, 5.41) is 9.03. The molecule has 19 heavy (non-hydrogen) atoms. The van der Waals surface area contributed by atoms with Gasteiger partial charge in [0.15, 0.2) is 0 Å². The number of benzene rings is 1. The van der Waals surface area contributed by atoms with E-state index in [9.17, 15) is 13.6 Å². The van der Waals surface area contributed by atoms with Gasteiger partial charge in [-0.15, -0.1) is 0 Å². The van der Waals surface area contributed by atoms with Crippen molar-refractivity contribution < 1.29 is 23.4 Å². The lowest BCUT2D eigenvalue weighted by atomic mass is 10.1. The van der Waals surface area contributed by atoms with Crippen molar-refractivity contribution in [2.45, 2.75) is 19.6 Å². The summed E-state index contributed by atoms with van der Waals surface area (Å²) < 4.78 is 28.5. The number of carbonyl (C=O) groups is 1. The quantitative estimate of drug-likeness (QED) is 0.885. The zero-order valence-corrected chi connectivity index (χ0v) is 10.3. The van der Waals surface area contributed by atoms with Crippen molar-refractivity contribution in [1.29, 1.82) is 0 Å². The SMILES string of the molecule is O=C1CC(CO)CN1Cc1cccc(OC(F)F)c1. The summed E-state index contributed by atoms with van der Waals surface area (Å²) in [6.07, 6.45) is 0.337. The van der Waals surface area contributed by atoms with Crippen LogP contribution in [0.25, 0.3) is 0 Å². The molecule has 1 N–H and O–H groups in total. The molecule has 1 fully saturated rings. The van der Waals surface area contributed by atoms with Crippen LogP contribution in [0, 0.1) is 5.92 Å². The second-order valence-corrected chi connectivity index (χ2v) is 4.55. The molecule has 1 aromatic carbocycles. The molecule has 6 heteroatoms. The van der Waals surface area contributed by atoms with E-state index in [1.165, 1.54) is 12.1 Å². The molecule has 104 valence electrons. The molecule has 0 radical (unpaired) electrons. The average Bonchev–Trinajstić information content (AvgIpc) is 2.70. The van der Waals surface area contributed by atoms with E-state index in [1.54, 1.807) is 17.0 Å². The minimum Gasteiger partial charge on any atom is -0.435 e. The summed E-state index contributed by atoms with van der Waals surface area (Å²) in [5.74, 6) is 0.0186. The Morgan fingerprint density at radius 3 is 2.89 bits per heavy atom. The van der Waals surface area contributed by atoms with Gasteiger partial charge in [0.2, 0.25) is 5.91 Å². The van der Waals surface area contributed by atoms with Gasteiger partial charge in [0.1, 0.15) is 5.75 Å². The lowest BCUT2D eigenvalue weighted by Crippen LogP contribution is -2.24. The maximum Gasteiger partial charge on any atom is 0.387 e. The number of rotatable bonds is 5. The topological polar surface area (TPSA) is 49.8 Å². The van der Waals surface area contributed by atoms with Crippen molar-refractivity contribution in [3.8, 4) is 5.75 Å². The van der Waals surface area contributed by atoms with Gasteiger partial charge in [-0.2, -0.15) is 8.78 Å². The van der Waals surface area contributed by atoms with Crippen molar-refractivity contribution in [2.24, 2.45) is 5.92 Å². The molecule has 1 saturated heterocycles. The number of carbonyl (C=O) groups excluding carboxylic acids is 1.